The summed E-state index contributed by atoms with van der Waals surface area (Å²) in [6.07, 6.45) is 7.23. The molecule has 2 unspecified atom stereocenters. The van der Waals surface area contributed by atoms with Crippen LogP contribution < -0.4 is 0 Å². The number of allylic oxidation sites excluding steroid dienone is 2. The lowest BCUT2D eigenvalue weighted by Crippen LogP contribution is -2.41. The van der Waals surface area contributed by atoms with E-state index in [-0.39, 0.29) is 24.3 Å². The maximum Gasteiger partial charge on any atom is 0.307 e. The number of aliphatic hydroxyl groups excluding tert-OH is 1. The second-order valence-electron chi connectivity index (χ2n) is 5.88. The van der Waals surface area contributed by atoms with Crippen LogP contribution in [0.1, 0.15) is 25.7 Å². The molecule has 0 heterocycles. The number of carbonyl (C=O) groups excluding carboxylic acids is 1. The van der Waals surface area contributed by atoms with Gasteiger partial charge in [-0.25, -0.2) is 0 Å². The topological polar surface area (TPSA) is 77.8 Å². The highest BCUT2D eigenvalue weighted by Gasteiger charge is 2.52. The van der Waals surface area contributed by atoms with Gasteiger partial charge in [0.05, 0.1) is 11.8 Å². The Labute approximate surface area is 119 Å². The van der Waals surface area contributed by atoms with Crippen molar-refractivity contribution >= 4 is 11.9 Å². The second-order valence-corrected chi connectivity index (χ2v) is 5.88. The Hall–Kier alpha value is -1.36. The number of aliphatic carboxylic acids is 1. The molecule has 1 fully saturated rings. The van der Waals surface area contributed by atoms with Crippen molar-refractivity contribution in [1.29, 1.82) is 0 Å². The van der Waals surface area contributed by atoms with Gasteiger partial charge in [-0.15, -0.1) is 0 Å². The third-order valence-electron chi connectivity index (χ3n) is 4.56. The van der Waals surface area contributed by atoms with E-state index in [1.165, 1.54) is 0 Å². The van der Waals surface area contributed by atoms with E-state index in [2.05, 4.69) is 0 Å². The summed E-state index contributed by atoms with van der Waals surface area (Å²) in [6.45, 7) is 0.804. The summed E-state index contributed by atoms with van der Waals surface area (Å²) in [6, 6.07) is 0. The number of amides is 1. The molecule has 112 valence electrons. The van der Waals surface area contributed by atoms with E-state index in [0.717, 1.165) is 25.7 Å². The second kappa shape index (κ2) is 6.39. The predicted molar refractivity (Wildman–Crippen MR) is 73.9 cm³/mol. The Kier molecular flexibility index (Phi) is 4.81. The Morgan fingerprint density at radius 3 is 2.40 bits per heavy atom. The quantitative estimate of drug-likeness (QED) is 0.541. The molecule has 2 bridgehead atoms. The number of carbonyl (C=O) groups is 2. The van der Waals surface area contributed by atoms with Crippen molar-refractivity contribution in [3.05, 3.63) is 12.2 Å². The number of fused-ring (bicyclic) bond motifs is 2. The number of hydrogen-bond acceptors (Lipinski definition) is 3. The lowest BCUT2D eigenvalue weighted by molar-refractivity contribution is -0.150. The summed E-state index contributed by atoms with van der Waals surface area (Å²) < 4.78 is 0. The van der Waals surface area contributed by atoms with Crippen LogP contribution in [-0.2, 0) is 9.59 Å². The average molecular weight is 281 g/mol. The smallest absolute Gasteiger partial charge is 0.307 e. The monoisotopic (exact) mass is 281 g/mol. The van der Waals surface area contributed by atoms with Crippen LogP contribution in [-0.4, -0.2) is 47.2 Å². The summed E-state index contributed by atoms with van der Waals surface area (Å²) in [5.41, 5.74) is 0. The number of carboxylic acids is 1. The Morgan fingerprint density at radius 2 is 1.80 bits per heavy atom. The lowest BCUT2D eigenvalue weighted by atomic mass is 9.82. The molecule has 0 aromatic heterocycles. The van der Waals surface area contributed by atoms with Crippen molar-refractivity contribution in [1.82, 2.24) is 4.90 Å². The molecule has 0 aromatic carbocycles. The number of unbranched alkanes of at least 4 members (excludes halogenated alkanes) is 2. The molecule has 20 heavy (non-hydrogen) atoms. The summed E-state index contributed by atoms with van der Waals surface area (Å²) in [5, 5.41) is 18.1. The molecule has 0 aliphatic heterocycles. The molecule has 2 aliphatic rings. The van der Waals surface area contributed by atoms with Gasteiger partial charge in [0, 0.05) is 20.2 Å². The highest BCUT2D eigenvalue weighted by atomic mass is 16.4. The molecule has 2 rings (SSSR count). The molecule has 4 atom stereocenters. The molecule has 1 amide bonds. The van der Waals surface area contributed by atoms with E-state index in [1.807, 2.05) is 12.2 Å². The number of hydrogen-bond donors (Lipinski definition) is 2. The van der Waals surface area contributed by atoms with Crippen LogP contribution >= 0.6 is 0 Å². The molecule has 0 saturated heterocycles. The van der Waals surface area contributed by atoms with Crippen LogP contribution in [0.4, 0.5) is 0 Å². The maximum atomic E-state index is 12.5. The predicted octanol–water partition coefficient (Wildman–Crippen LogP) is 1.13. The van der Waals surface area contributed by atoms with Crippen LogP contribution in [0.15, 0.2) is 12.2 Å². The van der Waals surface area contributed by atoms with Gasteiger partial charge < -0.3 is 15.1 Å². The van der Waals surface area contributed by atoms with Gasteiger partial charge >= 0.3 is 5.97 Å². The Bertz CT molecular complexity index is 407. The first kappa shape index (κ1) is 15.0. The Morgan fingerprint density at radius 1 is 1.15 bits per heavy atom. The summed E-state index contributed by atoms with van der Waals surface area (Å²) in [7, 11) is 1.75. The highest BCUT2D eigenvalue weighted by Crippen LogP contribution is 2.48. The first-order valence-electron chi connectivity index (χ1n) is 7.33. The number of nitrogens with zero attached hydrogens (tertiary/aromatic N) is 1. The van der Waals surface area contributed by atoms with Crippen LogP contribution in [0.2, 0.25) is 0 Å². The van der Waals surface area contributed by atoms with Crippen molar-refractivity contribution in [3.8, 4) is 0 Å². The van der Waals surface area contributed by atoms with Crippen molar-refractivity contribution in [3.63, 3.8) is 0 Å². The maximum absolute atomic E-state index is 12.5. The van der Waals surface area contributed by atoms with Gasteiger partial charge in [0.2, 0.25) is 5.91 Å². The van der Waals surface area contributed by atoms with E-state index in [4.69, 9.17) is 5.11 Å². The average Bonchev–Trinajstić information content (AvgIpc) is 3.02. The first-order chi connectivity index (χ1) is 9.56. The minimum atomic E-state index is -0.853. The van der Waals surface area contributed by atoms with Crippen molar-refractivity contribution < 1.29 is 19.8 Å². The van der Waals surface area contributed by atoms with Gasteiger partial charge in [0.15, 0.2) is 0 Å². The molecule has 5 nitrogen and oxygen atoms in total. The minimum Gasteiger partial charge on any atom is -0.481 e. The van der Waals surface area contributed by atoms with Gasteiger partial charge in [-0.2, -0.15) is 0 Å². The molecule has 1 saturated carbocycles. The molecule has 2 N–H and O–H groups in total. The van der Waals surface area contributed by atoms with Gasteiger partial charge in [-0.05, 0) is 37.5 Å². The first-order valence-corrected chi connectivity index (χ1v) is 7.33. The molecular weight excluding hydrogens is 258 g/mol. The van der Waals surface area contributed by atoms with Crippen molar-refractivity contribution in [2.75, 3.05) is 20.2 Å². The molecule has 0 radical (unpaired) electrons. The molecular formula is C15H23NO4. The zero-order valence-electron chi connectivity index (χ0n) is 11.9. The van der Waals surface area contributed by atoms with Crippen LogP contribution in [0.5, 0.6) is 0 Å². The minimum absolute atomic E-state index is 0.0224. The highest BCUT2D eigenvalue weighted by molar-refractivity contribution is 5.86. The van der Waals surface area contributed by atoms with Crippen molar-refractivity contribution in [2.24, 2.45) is 23.7 Å². The molecule has 0 spiro atoms. The van der Waals surface area contributed by atoms with E-state index in [9.17, 15) is 14.7 Å². The van der Waals surface area contributed by atoms with E-state index < -0.39 is 17.8 Å². The number of aliphatic hydroxyl groups is 1. The fourth-order valence-electron chi connectivity index (χ4n) is 3.50. The summed E-state index contributed by atoms with van der Waals surface area (Å²) in [4.78, 5) is 25.5. The van der Waals surface area contributed by atoms with E-state index in [0.29, 0.717) is 6.54 Å². The molecule has 0 aromatic rings. The van der Waals surface area contributed by atoms with Crippen molar-refractivity contribution in [2.45, 2.75) is 25.7 Å². The zero-order chi connectivity index (χ0) is 14.7. The summed E-state index contributed by atoms with van der Waals surface area (Å²) in [5.74, 6) is -1.74. The zero-order valence-corrected chi connectivity index (χ0v) is 11.9. The number of carboxylic acid groups (broad SMARTS) is 1. The van der Waals surface area contributed by atoms with Gasteiger partial charge in [-0.3, -0.25) is 9.59 Å². The normalized spacial score (nSPS) is 30.7. The Balaban J connectivity index is 1.94. The van der Waals surface area contributed by atoms with Gasteiger partial charge in [-0.1, -0.05) is 12.2 Å². The third kappa shape index (κ3) is 2.87. The van der Waals surface area contributed by atoms with E-state index in [1.54, 1.807) is 11.9 Å². The largest absolute Gasteiger partial charge is 0.481 e. The van der Waals surface area contributed by atoms with Crippen LogP contribution in [0.3, 0.4) is 0 Å². The third-order valence-corrected chi connectivity index (χ3v) is 4.56. The fraction of sp³-hybridized carbons (Fsp3) is 0.733. The summed E-state index contributed by atoms with van der Waals surface area (Å²) >= 11 is 0. The SMILES string of the molecule is CN(CCCCCO)C(=O)[C@H]1C2C=CC(C2)[C@H]1C(=O)O. The van der Waals surface area contributed by atoms with E-state index >= 15 is 0 Å². The lowest BCUT2D eigenvalue weighted by Gasteiger charge is -2.28. The standard InChI is InChI=1S/C15H23NO4/c1-16(7-3-2-4-8-17)14(18)12-10-5-6-11(9-10)13(12)15(19)20/h5-6,10-13,17H,2-4,7-9H2,1H3,(H,19,20)/t10?,11?,12-,13+/m0/s1. The fourth-order valence-corrected chi connectivity index (χ4v) is 3.50. The number of rotatable bonds is 7. The van der Waals surface area contributed by atoms with Gasteiger partial charge in [0.1, 0.15) is 0 Å². The molecule has 2 aliphatic carbocycles. The van der Waals surface area contributed by atoms with Gasteiger partial charge in [0.25, 0.3) is 0 Å². The van der Waals surface area contributed by atoms with Crippen LogP contribution in [0.25, 0.3) is 0 Å². The molecule has 5 heteroatoms. The van der Waals surface area contributed by atoms with Crippen LogP contribution in [0, 0.1) is 23.7 Å².